The summed E-state index contributed by atoms with van der Waals surface area (Å²) in [5.41, 5.74) is 4.01. The molecule has 0 amide bonds. The molecule has 16 heteroatoms. The van der Waals surface area contributed by atoms with Gasteiger partial charge in [0.15, 0.2) is 9.84 Å². The molecule has 1 aromatic heterocycles. The van der Waals surface area contributed by atoms with Crippen LogP contribution < -0.4 is 11.1 Å². The highest BCUT2D eigenvalue weighted by Gasteiger charge is 2.36. The number of hydrogen-bond donors (Lipinski definition) is 3. The Morgan fingerprint density at radius 3 is 2.29 bits per heavy atom. The number of benzene rings is 2. The normalized spacial score (nSPS) is 16.8. The minimum Gasteiger partial charge on any atom is -0.368 e. The van der Waals surface area contributed by atoms with Crippen LogP contribution in [0.15, 0.2) is 41.3 Å². The zero-order chi connectivity index (χ0) is 25.6. The molecule has 4 rings (SSSR count). The third kappa shape index (κ3) is 5.37. The Balaban J connectivity index is 1.68. The fourth-order valence-corrected chi connectivity index (χ4v) is 6.74. The molecule has 2 heterocycles. The number of sulfonamides is 1. The predicted octanol–water partition coefficient (Wildman–Crippen LogP) is 2.89. The standard InChI is InChI=1S/C19H18ClF3N6O4S2/c20-15-10-12(25-18-26-17(24)27-28-18)9-14(19(21,22)23)16(15)11-1-3-13(4-2-11)35(32,33)29-5-7-34(30,31)8-6-29/h1-4,9-10H,5-8H2,(H4,24,25,26,27,28). The number of sulfone groups is 1. The molecule has 188 valence electrons. The van der Waals surface area contributed by atoms with Crippen molar-refractivity contribution in [3.05, 3.63) is 47.0 Å². The van der Waals surface area contributed by atoms with Crippen molar-refractivity contribution in [2.75, 3.05) is 35.6 Å². The van der Waals surface area contributed by atoms with Gasteiger partial charge in [0.25, 0.3) is 0 Å². The highest BCUT2D eigenvalue weighted by Crippen LogP contribution is 2.43. The number of nitrogens with one attached hydrogen (secondary N) is 2. The number of aromatic amines is 1. The summed E-state index contributed by atoms with van der Waals surface area (Å²) < 4.78 is 91.7. The first-order valence-electron chi connectivity index (χ1n) is 9.93. The SMILES string of the molecule is Nc1nc(Nc2cc(Cl)c(-c3ccc(S(=O)(=O)N4CCS(=O)(=O)CC4)cc3)c(C(F)(F)F)c2)n[nH]1. The minimum atomic E-state index is -4.79. The molecule has 1 saturated heterocycles. The van der Waals surface area contributed by atoms with Gasteiger partial charge in [0.2, 0.25) is 21.9 Å². The fourth-order valence-electron chi connectivity index (χ4n) is 3.53. The molecule has 0 spiro atoms. The second-order valence-electron chi connectivity index (χ2n) is 7.63. The first-order chi connectivity index (χ1) is 16.3. The molecule has 1 aliphatic heterocycles. The van der Waals surface area contributed by atoms with E-state index in [1.165, 1.54) is 18.2 Å². The summed E-state index contributed by atoms with van der Waals surface area (Å²) >= 11 is 6.23. The molecular weight excluding hydrogens is 533 g/mol. The lowest BCUT2D eigenvalue weighted by molar-refractivity contribution is -0.137. The molecule has 35 heavy (non-hydrogen) atoms. The van der Waals surface area contributed by atoms with E-state index in [1.54, 1.807) is 0 Å². The lowest BCUT2D eigenvalue weighted by Gasteiger charge is -2.26. The zero-order valence-corrected chi connectivity index (χ0v) is 20.1. The molecule has 0 aliphatic carbocycles. The molecule has 0 radical (unpaired) electrons. The van der Waals surface area contributed by atoms with E-state index in [1.807, 2.05) is 0 Å². The van der Waals surface area contributed by atoms with E-state index >= 15 is 0 Å². The van der Waals surface area contributed by atoms with Gasteiger partial charge in [0.05, 0.1) is 27.0 Å². The van der Waals surface area contributed by atoms with Crippen LogP contribution in [0.1, 0.15) is 5.56 Å². The van der Waals surface area contributed by atoms with Crippen molar-refractivity contribution in [1.82, 2.24) is 19.5 Å². The molecule has 0 bridgehead atoms. The number of H-pyrrole nitrogens is 1. The third-order valence-electron chi connectivity index (χ3n) is 5.24. The van der Waals surface area contributed by atoms with Crippen molar-refractivity contribution in [1.29, 1.82) is 0 Å². The van der Waals surface area contributed by atoms with Gasteiger partial charge >= 0.3 is 6.18 Å². The largest absolute Gasteiger partial charge is 0.417 e. The van der Waals surface area contributed by atoms with E-state index in [4.69, 9.17) is 17.3 Å². The van der Waals surface area contributed by atoms with Crippen molar-refractivity contribution in [2.24, 2.45) is 0 Å². The number of aromatic nitrogens is 3. The lowest BCUT2D eigenvalue weighted by Crippen LogP contribution is -2.43. The molecule has 1 fully saturated rings. The van der Waals surface area contributed by atoms with E-state index in [0.717, 1.165) is 22.5 Å². The van der Waals surface area contributed by atoms with Crippen molar-refractivity contribution in [3.8, 4) is 11.1 Å². The molecule has 0 atom stereocenters. The van der Waals surface area contributed by atoms with E-state index < -0.39 is 31.6 Å². The average molecular weight is 551 g/mol. The molecule has 1 aliphatic rings. The van der Waals surface area contributed by atoms with Crippen LogP contribution in [0.25, 0.3) is 11.1 Å². The number of nitrogens with two attached hydrogens (primary N) is 1. The first kappa shape index (κ1) is 25.2. The summed E-state index contributed by atoms with van der Waals surface area (Å²) in [7, 11) is -7.32. The Bertz CT molecular complexity index is 1460. The third-order valence-corrected chi connectivity index (χ3v) is 9.06. The Kier molecular flexibility index (Phi) is 6.46. The second kappa shape index (κ2) is 8.96. The Morgan fingerprint density at radius 1 is 1.11 bits per heavy atom. The summed E-state index contributed by atoms with van der Waals surface area (Å²) in [6, 6.07) is 6.82. The van der Waals surface area contributed by atoms with Gasteiger partial charge in [-0.05, 0) is 29.8 Å². The number of nitrogens with zero attached hydrogens (tertiary/aromatic N) is 3. The second-order valence-corrected chi connectivity index (χ2v) is 12.3. The van der Waals surface area contributed by atoms with Gasteiger partial charge in [0, 0.05) is 24.3 Å². The van der Waals surface area contributed by atoms with Gasteiger partial charge in [-0.3, -0.25) is 0 Å². The number of hydrogen-bond acceptors (Lipinski definition) is 8. The summed E-state index contributed by atoms with van der Waals surface area (Å²) in [5, 5.41) is 8.38. The fraction of sp³-hybridized carbons (Fsp3) is 0.263. The summed E-state index contributed by atoms with van der Waals surface area (Å²) in [6.45, 7) is -0.386. The van der Waals surface area contributed by atoms with Crippen LogP contribution >= 0.6 is 11.6 Å². The Hall–Kier alpha value is -2.88. The van der Waals surface area contributed by atoms with Gasteiger partial charge in [0.1, 0.15) is 0 Å². The number of halogens is 4. The van der Waals surface area contributed by atoms with Gasteiger partial charge in [-0.15, -0.1) is 5.10 Å². The van der Waals surface area contributed by atoms with E-state index in [2.05, 4.69) is 20.5 Å². The van der Waals surface area contributed by atoms with Crippen LogP contribution in [0.3, 0.4) is 0 Å². The van der Waals surface area contributed by atoms with Crippen molar-refractivity contribution >= 4 is 49.0 Å². The summed E-state index contributed by atoms with van der Waals surface area (Å²) in [5.74, 6) is -0.683. The molecule has 10 nitrogen and oxygen atoms in total. The van der Waals surface area contributed by atoms with Crippen LogP contribution in [0.4, 0.5) is 30.8 Å². The maximum atomic E-state index is 13.9. The molecular formula is C19H18ClF3N6O4S2. The van der Waals surface area contributed by atoms with Crippen molar-refractivity contribution in [2.45, 2.75) is 11.1 Å². The van der Waals surface area contributed by atoms with Crippen molar-refractivity contribution < 1.29 is 30.0 Å². The van der Waals surface area contributed by atoms with Gasteiger partial charge in [-0.2, -0.15) is 22.5 Å². The van der Waals surface area contributed by atoms with Gasteiger partial charge in [-0.1, -0.05) is 23.7 Å². The van der Waals surface area contributed by atoms with Crippen LogP contribution in [-0.2, 0) is 26.0 Å². The van der Waals surface area contributed by atoms with E-state index in [9.17, 15) is 30.0 Å². The Morgan fingerprint density at radius 2 is 1.74 bits per heavy atom. The molecule has 0 unspecified atom stereocenters. The molecule has 2 aromatic carbocycles. The van der Waals surface area contributed by atoms with Gasteiger partial charge < -0.3 is 11.1 Å². The van der Waals surface area contributed by atoms with Crippen LogP contribution in [0.2, 0.25) is 5.02 Å². The number of alkyl halides is 3. The maximum Gasteiger partial charge on any atom is 0.417 e. The lowest BCUT2D eigenvalue weighted by atomic mass is 9.98. The molecule has 4 N–H and O–H groups in total. The molecule has 0 saturated carbocycles. The van der Waals surface area contributed by atoms with Gasteiger partial charge in [-0.25, -0.2) is 21.9 Å². The van der Waals surface area contributed by atoms with E-state index in [-0.39, 0.29) is 63.2 Å². The number of nitrogen functional groups attached to an aromatic ring is 1. The highest BCUT2D eigenvalue weighted by atomic mass is 35.5. The number of anilines is 3. The topological polar surface area (TPSA) is 151 Å². The predicted molar refractivity (Wildman–Crippen MR) is 123 cm³/mol. The highest BCUT2D eigenvalue weighted by molar-refractivity contribution is 7.92. The smallest absolute Gasteiger partial charge is 0.368 e. The zero-order valence-electron chi connectivity index (χ0n) is 17.7. The van der Waals surface area contributed by atoms with Crippen molar-refractivity contribution in [3.63, 3.8) is 0 Å². The number of rotatable bonds is 5. The first-order valence-corrected chi connectivity index (χ1v) is 13.6. The van der Waals surface area contributed by atoms with Crippen LogP contribution in [0.5, 0.6) is 0 Å². The summed E-state index contributed by atoms with van der Waals surface area (Å²) in [6.07, 6.45) is -4.79. The minimum absolute atomic E-state index is 0.0347. The van der Waals surface area contributed by atoms with Crippen LogP contribution in [-0.4, -0.2) is 60.9 Å². The summed E-state index contributed by atoms with van der Waals surface area (Å²) in [4.78, 5) is 3.59. The van der Waals surface area contributed by atoms with Crippen LogP contribution in [0, 0.1) is 0 Å². The van der Waals surface area contributed by atoms with E-state index in [0.29, 0.717) is 0 Å². The average Bonchev–Trinajstić information content (AvgIpc) is 3.17. The quantitative estimate of drug-likeness (QED) is 0.438. The molecule has 3 aromatic rings. The Labute approximate surface area is 203 Å². The maximum absolute atomic E-state index is 13.9. The monoisotopic (exact) mass is 550 g/mol.